The maximum Gasteiger partial charge on any atom is 0.451 e. The SMILES string of the molecule is CCCCCCCCCCCCSC1=NC(CC(=O)OCC)(C(F)(F)F)OC1=O. The molecule has 9 heteroatoms. The lowest BCUT2D eigenvalue weighted by atomic mass is 10.1. The van der Waals surface area contributed by atoms with Crippen LogP contribution in [0, 0.1) is 0 Å². The fourth-order valence-corrected chi connectivity index (χ4v) is 3.90. The maximum absolute atomic E-state index is 13.4. The molecule has 1 aliphatic rings. The quantitative estimate of drug-likeness (QED) is 0.252. The average molecular weight is 440 g/mol. The topological polar surface area (TPSA) is 65.0 Å². The van der Waals surface area contributed by atoms with E-state index in [9.17, 15) is 22.8 Å². The summed E-state index contributed by atoms with van der Waals surface area (Å²) in [6.45, 7) is 3.61. The molecule has 0 aromatic carbocycles. The normalized spacial score (nSPS) is 19.2. The number of hydrogen-bond donors (Lipinski definition) is 0. The Morgan fingerprint density at radius 2 is 1.59 bits per heavy atom. The molecule has 1 atom stereocenters. The Morgan fingerprint density at radius 3 is 2.10 bits per heavy atom. The Labute approximate surface area is 175 Å². The number of carbonyl (C=O) groups is 2. The second kappa shape index (κ2) is 13.1. The van der Waals surface area contributed by atoms with Crippen LogP contribution in [0.1, 0.15) is 84.5 Å². The second-order valence-corrected chi connectivity index (χ2v) is 8.18. The van der Waals surface area contributed by atoms with Crippen molar-refractivity contribution < 1.29 is 32.2 Å². The number of nitrogens with zero attached hydrogens (tertiary/aromatic N) is 1. The van der Waals surface area contributed by atoms with Gasteiger partial charge in [0.15, 0.2) is 5.04 Å². The second-order valence-electron chi connectivity index (χ2n) is 7.10. The van der Waals surface area contributed by atoms with E-state index in [1.54, 1.807) is 0 Å². The molecule has 1 rings (SSSR count). The molecule has 0 saturated carbocycles. The molecule has 168 valence electrons. The zero-order chi connectivity index (χ0) is 21.8. The zero-order valence-electron chi connectivity index (χ0n) is 17.3. The van der Waals surface area contributed by atoms with E-state index in [2.05, 4.69) is 21.4 Å². The van der Waals surface area contributed by atoms with Gasteiger partial charge in [-0.3, -0.25) is 4.79 Å². The van der Waals surface area contributed by atoms with Gasteiger partial charge in [-0.2, -0.15) is 13.2 Å². The molecule has 5 nitrogen and oxygen atoms in total. The first kappa shape index (κ1) is 25.8. The molecule has 0 aromatic heterocycles. The summed E-state index contributed by atoms with van der Waals surface area (Å²) in [5.41, 5.74) is -3.17. The van der Waals surface area contributed by atoms with E-state index >= 15 is 0 Å². The summed E-state index contributed by atoms with van der Waals surface area (Å²) in [6.07, 6.45) is 5.35. The van der Waals surface area contributed by atoms with E-state index in [1.165, 1.54) is 45.4 Å². The van der Waals surface area contributed by atoms with Crippen molar-refractivity contribution >= 4 is 28.7 Å². The van der Waals surface area contributed by atoms with E-state index in [0.717, 1.165) is 37.4 Å². The molecular weight excluding hydrogens is 407 g/mol. The standard InChI is InChI=1S/C20H32F3NO4S/c1-3-5-6-7-8-9-10-11-12-13-14-29-17-18(26)28-19(24-17,20(21,22)23)15-16(25)27-4-2/h3-15H2,1-2H3. The summed E-state index contributed by atoms with van der Waals surface area (Å²) in [5.74, 6) is -1.76. The number of esters is 2. The van der Waals surface area contributed by atoms with Gasteiger partial charge < -0.3 is 9.47 Å². The van der Waals surface area contributed by atoms with Gasteiger partial charge >= 0.3 is 23.8 Å². The van der Waals surface area contributed by atoms with Crippen molar-refractivity contribution in [3.8, 4) is 0 Å². The van der Waals surface area contributed by atoms with Crippen molar-refractivity contribution in [2.75, 3.05) is 12.4 Å². The van der Waals surface area contributed by atoms with Crippen LogP contribution in [-0.4, -0.2) is 41.2 Å². The number of aliphatic imine (C=N–C) groups is 1. The van der Waals surface area contributed by atoms with Crippen LogP contribution in [0.3, 0.4) is 0 Å². The minimum absolute atomic E-state index is 0.0647. The van der Waals surface area contributed by atoms with Crippen LogP contribution in [0.15, 0.2) is 4.99 Å². The summed E-state index contributed by atoms with van der Waals surface area (Å²) in [5, 5.41) is -0.331. The fraction of sp³-hybridized carbons (Fsp3) is 0.850. The predicted molar refractivity (Wildman–Crippen MR) is 108 cm³/mol. The van der Waals surface area contributed by atoms with Gasteiger partial charge in [0, 0.05) is 0 Å². The highest BCUT2D eigenvalue weighted by Gasteiger charge is 2.63. The van der Waals surface area contributed by atoms with Gasteiger partial charge in [0.05, 0.1) is 6.61 Å². The number of alkyl halides is 3. The third-order valence-electron chi connectivity index (χ3n) is 4.59. The smallest absolute Gasteiger partial charge is 0.451 e. The van der Waals surface area contributed by atoms with Crippen molar-refractivity contribution in [1.29, 1.82) is 0 Å². The molecule has 0 bridgehead atoms. The molecule has 29 heavy (non-hydrogen) atoms. The Bertz CT molecular complexity index is 554. The first-order chi connectivity index (χ1) is 13.8. The molecule has 0 fully saturated rings. The fourth-order valence-electron chi connectivity index (χ4n) is 2.98. The van der Waals surface area contributed by atoms with Crippen LogP contribution in [0.5, 0.6) is 0 Å². The Morgan fingerprint density at radius 1 is 1.03 bits per heavy atom. The Hall–Kier alpha value is -1.25. The summed E-state index contributed by atoms with van der Waals surface area (Å²) in [4.78, 5) is 26.9. The molecule has 0 amide bonds. The van der Waals surface area contributed by atoms with Crippen molar-refractivity contribution in [2.45, 2.75) is 96.4 Å². The van der Waals surface area contributed by atoms with E-state index in [4.69, 9.17) is 0 Å². The summed E-state index contributed by atoms with van der Waals surface area (Å²) >= 11 is 0.952. The average Bonchev–Trinajstić information content (AvgIpc) is 2.96. The van der Waals surface area contributed by atoms with Gasteiger partial charge in [-0.1, -0.05) is 76.5 Å². The van der Waals surface area contributed by atoms with Crippen molar-refractivity contribution in [1.82, 2.24) is 0 Å². The number of carbonyl (C=O) groups excluding carboxylic acids is 2. The molecule has 0 N–H and O–H groups in total. The van der Waals surface area contributed by atoms with Crippen LogP contribution in [0.4, 0.5) is 13.2 Å². The molecule has 1 heterocycles. The Balaban J connectivity index is 2.37. The van der Waals surface area contributed by atoms with Gasteiger partial charge in [-0.05, 0) is 19.1 Å². The van der Waals surface area contributed by atoms with Gasteiger partial charge in [0.1, 0.15) is 6.42 Å². The Kier molecular flexibility index (Phi) is 11.7. The third-order valence-corrected chi connectivity index (χ3v) is 5.61. The monoisotopic (exact) mass is 439 g/mol. The molecule has 0 aromatic rings. The van der Waals surface area contributed by atoms with Crippen LogP contribution in [0.2, 0.25) is 0 Å². The van der Waals surface area contributed by atoms with Crippen LogP contribution in [0.25, 0.3) is 0 Å². The molecule has 0 spiro atoms. The molecular formula is C20H32F3NO4S. The van der Waals surface area contributed by atoms with Crippen molar-refractivity contribution in [3.63, 3.8) is 0 Å². The van der Waals surface area contributed by atoms with E-state index in [0.29, 0.717) is 5.75 Å². The number of hydrogen-bond acceptors (Lipinski definition) is 6. The highest BCUT2D eigenvalue weighted by molar-refractivity contribution is 8.15. The summed E-state index contributed by atoms with van der Waals surface area (Å²) < 4.78 is 49.3. The molecule has 0 radical (unpaired) electrons. The first-order valence-electron chi connectivity index (χ1n) is 10.4. The van der Waals surface area contributed by atoms with Gasteiger partial charge in [-0.25, -0.2) is 9.79 Å². The van der Waals surface area contributed by atoms with E-state index < -0.39 is 30.3 Å². The van der Waals surface area contributed by atoms with Crippen LogP contribution in [-0.2, 0) is 19.1 Å². The summed E-state index contributed by atoms with van der Waals surface area (Å²) in [7, 11) is 0. The lowest BCUT2D eigenvalue weighted by Crippen LogP contribution is -2.46. The van der Waals surface area contributed by atoms with Crippen molar-refractivity contribution in [2.24, 2.45) is 4.99 Å². The number of thioether (sulfide) groups is 1. The number of halogens is 3. The largest absolute Gasteiger partial charge is 0.466 e. The van der Waals surface area contributed by atoms with Gasteiger partial charge in [0.2, 0.25) is 0 Å². The number of ether oxygens (including phenoxy) is 2. The van der Waals surface area contributed by atoms with Gasteiger partial charge in [0.25, 0.3) is 0 Å². The van der Waals surface area contributed by atoms with E-state index in [-0.39, 0.29) is 11.7 Å². The molecule has 0 aliphatic carbocycles. The number of cyclic esters (lactones) is 1. The maximum atomic E-state index is 13.4. The minimum Gasteiger partial charge on any atom is -0.466 e. The first-order valence-corrected chi connectivity index (χ1v) is 11.4. The van der Waals surface area contributed by atoms with Crippen molar-refractivity contribution in [3.05, 3.63) is 0 Å². The zero-order valence-corrected chi connectivity index (χ0v) is 18.1. The predicted octanol–water partition coefficient (Wildman–Crippen LogP) is 5.81. The highest BCUT2D eigenvalue weighted by Crippen LogP contribution is 2.42. The molecule has 1 aliphatic heterocycles. The van der Waals surface area contributed by atoms with Gasteiger partial charge in [-0.15, -0.1) is 0 Å². The third kappa shape index (κ3) is 8.97. The lowest BCUT2D eigenvalue weighted by Gasteiger charge is -2.26. The number of unbranched alkanes of at least 4 members (excludes halogenated alkanes) is 9. The minimum atomic E-state index is -4.99. The summed E-state index contributed by atoms with van der Waals surface area (Å²) in [6, 6.07) is 0. The highest BCUT2D eigenvalue weighted by atomic mass is 32.2. The lowest BCUT2D eigenvalue weighted by molar-refractivity contribution is -0.262. The van der Waals surface area contributed by atoms with Crippen LogP contribution >= 0.6 is 11.8 Å². The van der Waals surface area contributed by atoms with Crippen LogP contribution < -0.4 is 0 Å². The molecule has 1 unspecified atom stereocenters. The van der Waals surface area contributed by atoms with E-state index in [1.807, 2.05) is 0 Å². The number of rotatable bonds is 14. The molecule has 0 saturated heterocycles.